The first-order chi connectivity index (χ1) is 12.5. The van der Waals surface area contributed by atoms with Gasteiger partial charge in [-0.15, -0.1) is 0 Å². The van der Waals surface area contributed by atoms with Crippen molar-refractivity contribution in [2.24, 2.45) is 5.92 Å². The zero-order valence-electron chi connectivity index (χ0n) is 17.4. The SMILES string of the molecule is C=CC(=O)OC(CC)CCCCC.C=CC(=O)OCC(CC)CCCC. The number of ether oxygens (including phenoxy) is 2. The molecule has 0 aliphatic heterocycles. The molecule has 2 unspecified atom stereocenters. The van der Waals surface area contributed by atoms with Crippen LogP contribution in [0.5, 0.6) is 0 Å². The Kier molecular flexibility index (Phi) is 20.2. The van der Waals surface area contributed by atoms with Gasteiger partial charge in [0.2, 0.25) is 0 Å². The quantitative estimate of drug-likeness (QED) is 0.214. The lowest BCUT2D eigenvalue weighted by atomic mass is 10.0. The van der Waals surface area contributed by atoms with Crippen LogP contribution in [0.25, 0.3) is 0 Å². The van der Waals surface area contributed by atoms with E-state index in [4.69, 9.17) is 9.47 Å². The molecule has 0 amide bonds. The smallest absolute Gasteiger partial charge is 0.330 e. The molecule has 0 N–H and O–H groups in total. The number of rotatable bonds is 14. The van der Waals surface area contributed by atoms with Gasteiger partial charge in [0.25, 0.3) is 0 Å². The van der Waals surface area contributed by atoms with E-state index in [0.29, 0.717) is 12.5 Å². The van der Waals surface area contributed by atoms with E-state index in [9.17, 15) is 9.59 Å². The zero-order chi connectivity index (χ0) is 20.2. The summed E-state index contributed by atoms with van der Waals surface area (Å²) >= 11 is 0. The third kappa shape index (κ3) is 17.2. The third-order valence-electron chi connectivity index (χ3n) is 4.21. The van der Waals surface area contributed by atoms with Crippen LogP contribution in [0.4, 0.5) is 0 Å². The lowest BCUT2D eigenvalue weighted by Gasteiger charge is -2.14. The Morgan fingerprint density at radius 2 is 1.46 bits per heavy atom. The third-order valence-corrected chi connectivity index (χ3v) is 4.21. The van der Waals surface area contributed by atoms with Gasteiger partial charge >= 0.3 is 11.9 Å². The van der Waals surface area contributed by atoms with Crippen LogP contribution in [0.15, 0.2) is 25.3 Å². The van der Waals surface area contributed by atoms with E-state index in [1.807, 2.05) is 6.92 Å². The van der Waals surface area contributed by atoms with E-state index in [0.717, 1.165) is 32.1 Å². The second-order valence-electron chi connectivity index (χ2n) is 6.42. The number of unbranched alkanes of at least 4 members (excludes halogenated alkanes) is 3. The van der Waals surface area contributed by atoms with Gasteiger partial charge in [0.1, 0.15) is 6.10 Å². The lowest BCUT2D eigenvalue weighted by Crippen LogP contribution is -2.15. The fraction of sp³-hybridized carbons (Fsp3) is 0.727. The summed E-state index contributed by atoms with van der Waals surface area (Å²) in [6.07, 6.45) is 12.6. The van der Waals surface area contributed by atoms with Gasteiger partial charge in [0.15, 0.2) is 0 Å². The second kappa shape index (κ2) is 19.7. The van der Waals surface area contributed by atoms with Gasteiger partial charge in [-0.3, -0.25) is 0 Å². The predicted octanol–water partition coefficient (Wildman–Crippen LogP) is 6.01. The first-order valence-corrected chi connectivity index (χ1v) is 10.1. The van der Waals surface area contributed by atoms with Crippen molar-refractivity contribution in [3.63, 3.8) is 0 Å². The number of carbonyl (C=O) groups excluding carboxylic acids is 2. The maximum Gasteiger partial charge on any atom is 0.330 e. The van der Waals surface area contributed by atoms with Crippen molar-refractivity contribution < 1.29 is 19.1 Å². The number of esters is 2. The molecule has 0 aromatic carbocycles. The molecule has 0 aliphatic rings. The molecule has 26 heavy (non-hydrogen) atoms. The summed E-state index contributed by atoms with van der Waals surface area (Å²) in [5.74, 6) is -0.0952. The van der Waals surface area contributed by atoms with Crippen LogP contribution in [0.1, 0.15) is 85.5 Å². The number of hydrogen-bond donors (Lipinski definition) is 0. The van der Waals surface area contributed by atoms with E-state index in [1.165, 1.54) is 37.8 Å². The summed E-state index contributed by atoms with van der Waals surface area (Å²) in [5.41, 5.74) is 0. The molecule has 4 nitrogen and oxygen atoms in total. The van der Waals surface area contributed by atoms with Gasteiger partial charge in [-0.1, -0.05) is 73.0 Å². The van der Waals surface area contributed by atoms with Crippen LogP contribution in [0, 0.1) is 5.92 Å². The van der Waals surface area contributed by atoms with E-state index in [-0.39, 0.29) is 18.0 Å². The largest absolute Gasteiger partial charge is 0.462 e. The van der Waals surface area contributed by atoms with Crippen LogP contribution in [-0.2, 0) is 19.1 Å². The molecule has 0 saturated carbocycles. The summed E-state index contributed by atoms with van der Waals surface area (Å²) in [6, 6.07) is 0. The highest BCUT2D eigenvalue weighted by Crippen LogP contribution is 2.13. The summed E-state index contributed by atoms with van der Waals surface area (Å²) in [7, 11) is 0. The van der Waals surface area contributed by atoms with Gasteiger partial charge in [-0.2, -0.15) is 0 Å². The standard InChI is InChI=1S/2C11H20O2/c1-4-7-8-10(5-2)9-13-11(12)6-3;1-4-7-8-9-10(5-2)13-11(12)6-3/h2*6,10H,3-5,7-9H2,1-2H3. The van der Waals surface area contributed by atoms with Gasteiger partial charge in [0, 0.05) is 12.2 Å². The topological polar surface area (TPSA) is 52.6 Å². The van der Waals surface area contributed by atoms with Crippen LogP contribution < -0.4 is 0 Å². The van der Waals surface area contributed by atoms with E-state index < -0.39 is 0 Å². The fourth-order valence-electron chi connectivity index (χ4n) is 2.34. The molecule has 0 spiro atoms. The molecule has 2 atom stereocenters. The molecule has 0 heterocycles. The molecular formula is C22H40O4. The van der Waals surface area contributed by atoms with Crippen molar-refractivity contribution in [3.05, 3.63) is 25.3 Å². The molecule has 0 aromatic rings. The highest BCUT2D eigenvalue weighted by Gasteiger charge is 2.09. The molecule has 0 fully saturated rings. The molecule has 0 rings (SSSR count). The zero-order valence-corrected chi connectivity index (χ0v) is 17.4. The highest BCUT2D eigenvalue weighted by atomic mass is 16.5. The highest BCUT2D eigenvalue weighted by molar-refractivity contribution is 5.81. The van der Waals surface area contributed by atoms with Crippen molar-refractivity contribution >= 4 is 11.9 Å². The van der Waals surface area contributed by atoms with E-state index in [1.54, 1.807) is 0 Å². The van der Waals surface area contributed by atoms with Crippen LogP contribution >= 0.6 is 0 Å². The predicted molar refractivity (Wildman–Crippen MR) is 109 cm³/mol. The molecule has 4 heteroatoms. The summed E-state index contributed by atoms with van der Waals surface area (Å²) in [5, 5.41) is 0. The molecular weight excluding hydrogens is 328 g/mol. The van der Waals surface area contributed by atoms with Crippen LogP contribution in [0.3, 0.4) is 0 Å². The number of carbonyl (C=O) groups is 2. The molecule has 0 bridgehead atoms. The van der Waals surface area contributed by atoms with Crippen LogP contribution in [0.2, 0.25) is 0 Å². The summed E-state index contributed by atoms with van der Waals surface area (Å²) < 4.78 is 10.1. The molecule has 0 aromatic heterocycles. The Hall–Kier alpha value is -1.58. The molecule has 0 radical (unpaired) electrons. The Labute approximate surface area is 161 Å². The first-order valence-electron chi connectivity index (χ1n) is 10.1. The minimum atomic E-state index is -0.310. The lowest BCUT2D eigenvalue weighted by molar-refractivity contribution is -0.143. The monoisotopic (exact) mass is 368 g/mol. The maximum atomic E-state index is 10.9. The normalized spacial score (nSPS) is 12.2. The van der Waals surface area contributed by atoms with Gasteiger partial charge < -0.3 is 9.47 Å². The second-order valence-corrected chi connectivity index (χ2v) is 6.42. The Morgan fingerprint density at radius 3 is 1.92 bits per heavy atom. The van der Waals surface area contributed by atoms with Crippen LogP contribution in [-0.4, -0.2) is 24.6 Å². The average Bonchev–Trinajstić information content (AvgIpc) is 2.67. The average molecular weight is 369 g/mol. The Balaban J connectivity index is 0. The summed E-state index contributed by atoms with van der Waals surface area (Å²) in [6.45, 7) is 15.8. The summed E-state index contributed by atoms with van der Waals surface area (Å²) in [4.78, 5) is 21.6. The minimum Gasteiger partial charge on any atom is -0.462 e. The maximum absolute atomic E-state index is 10.9. The van der Waals surface area contributed by atoms with E-state index in [2.05, 4.69) is 33.9 Å². The molecule has 152 valence electrons. The van der Waals surface area contributed by atoms with Gasteiger partial charge in [0.05, 0.1) is 6.61 Å². The minimum absolute atomic E-state index is 0.0806. The van der Waals surface area contributed by atoms with Crippen molar-refractivity contribution in [2.75, 3.05) is 6.61 Å². The van der Waals surface area contributed by atoms with Gasteiger partial charge in [-0.05, 0) is 31.6 Å². The number of hydrogen-bond acceptors (Lipinski definition) is 4. The van der Waals surface area contributed by atoms with E-state index >= 15 is 0 Å². The molecule has 0 saturated heterocycles. The van der Waals surface area contributed by atoms with Crippen molar-refractivity contribution in [1.29, 1.82) is 0 Å². The van der Waals surface area contributed by atoms with Crippen molar-refractivity contribution in [2.45, 2.75) is 91.6 Å². The Morgan fingerprint density at radius 1 is 0.846 bits per heavy atom. The van der Waals surface area contributed by atoms with Gasteiger partial charge in [-0.25, -0.2) is 9.59 Å². The fourth-order valence-corrected chi connectivity index (χ4v) is 2.34. The Bertz CT molecular complexity index is 376. The molecule has 0 aliphatic carbocycles. The van der Waals surface area contributed by atoms with Crippen molar-refractivity contribution in [3.8, 4) is 0 Å². The van der Waals surface area contributed by atoms with Crippen molar-refractivity contribution in [1.82, 2.24) is 0 Å². The first kappa shape index (κ1) is 26.6.